The van der Waals surface area contributed by atoms with Gasteiger partial charge in [0, 0.05) is 44.5 Å². The second-order valence-corrected chi connectivity index (χ2v) is 8.18. The fourth-order valence-electron chi connectivity index (χ4n) is 4.70. The first-order chi connectivity index (χ1) is 13.7. The van der Waals surface area contributed by atoms with E-state index in [9.17, 15) is 8.78 Å². The molecule has 0 bridgehead atoms. The van der Waals surface area contributed by atoms with Crippen LogP contribution in [0.2, 0.25) is 0 Å². The van der Waals surface area contributed by atoms with Gasteiger partial charge in [-0.25, -0.2) is 8.78 Å². The number of aromatic nitrogens is 2. The maximum atomic E-state index is 13.9. The molecular weight excluding hydrogens is 362 g/mol. The van der Waals surface area contributed by atoms with Crippen molar-refractivity contribution in [1.29, 1.82) is 0 Å². The summed E-state index contributed by atoms with van der Waals surface area (Å²) in [5, 5.41) is 11.7. The van der Waals surface area contributed by atoms with Crippen molar-refractivity contribution in [3.8, 4) is 11.3 Å². The van der Waals surface area contributed by atoms with E-state index in [0.717, 1.165) is 38.3 Å². The molecule has 2 unspecified atom stereocenters. The van der Waals surface area contributed by atoms with E-state index in [-0.39, 0.29) is 5.56 Å². The van der Waals surface area contributed by atoms with Crippen LogP contribution in [0.4, 0.5) is 14.6 Å². The molecule has 3 aliphatic rings. The van der Waals surface area contributed by atoms with Gasteiger partial charge >= 0.3 is 0 Å². The summed E-state index contributed by atoms with van der Waals surface area (Å²) in [5.41, 5.74) is 0.465. The van der Waals surface area contributed by atoms with Crippen molar-refractivity contribution >= 4 is 5.82 Å². The highest BCUT2D eigenvalue weighted by atomic mass is 19.2. The monoisotopic (exact) mass is 386 g/mol. The number of fused-ring (bicyclic) bond motifs is 1. The average Bonchev–Trinajstić information content (AvgIpc) is 3.15. The molecule has 1 aromatic carbocycles. The second-order valence-electron chi connectivity index (χ2n) is 8.18. The fourth-order valence-corrected chi connectivity index (χ4v) is 4.70. The molecule has 3 fully saturated rings. The Hall–Kier alpha value is -2.12. The third kappa shape index (κ3) is 3.49. The van der Waals surface area contributed by atoms with Crippen LogP contribution in [0.25, 0.3) is 11.3 Å². The molecule has 2 saturated heterocycles. The molecular formula is C21H24F2N4O. The molecule has 0 amide bonds. The number of ether oxygens (including phenoxy) is 1. The van der Waals surface area contributed by atoms with Crippen LogP contribution in [0.15, 0.2) is 30.3 Å². The van der Waals surface area contributed by atoms with Crippen LogP contribution in [0.1, 0.15) is 12.8 Å². The molecule has 28 heavy (non-hydrogen) atoms. The summed E-state index contributed by atoms with van der Waals surface area (Å²) in [6.45, 7) is 5.28. The Bertz CT molecular complexity index is 829. The van der Waals surface area contributed by atoms with Gasteiger partial charge in [-0.15, -0.1) is 10.2 Å². The van der Waals surface area contributed by atoms with Crippen molar-refractivity contribution < 1.29 is 13.5 Å². The molecule has 148 valence electrons. The van der Waals surface area contributed by atoms with Gasteiger partial charge in [0.05, 0.1) is 5.69 Å². The zero-order chi connectivity index (χ0) is 19.1. The normalized spacial score (nSPS) is 27.6. The smallest absolute Gasteiger partial charge is 0.168 e. The molecule has 2 aromatic rings. The van der Waals surface area contributed by atoms with Gasteiger partial charge in [-0.2, -0.15) is 0 Å². The SMILES string of the molecule is Fc1cccc(-c2ccc(NC3C4CN(CC5CCOCC5)CC43)nn2)c1F. The highest BCUT2D eigenvalue weighted by Gasteiger charge is 2.55. The van der Waals surface area contributed by atoms with E-state index in [2.05, 4.69) is 20.4 Å². The molecule has 1 aromatic heterocycles. The van der Waals surface area contributed by atoms with E-state index < -0.39 is 11.6 Å². The topological polar surface area (TPSA) is 50.3 Å². The van der Waals surface area contributed by atoms with Gasteiger partial charge in [0.25, 0.3) is 0 Å². The molecule has 5 rings (SSSR count). The summed E-state index contributed by atoms with van der Waals surface area (Å²) in [4.78, 5) is 2.59. The third-order valence-corrected chi connectivity index (χ3v) is 6.33. The highest BCUT2D eigenvalue weighted by molar-refractivity contribution is 5.60. The largest absolute Gasteiger partial charge is 0.381 e. The lowest BCUT2D eigenvalue weighted by Crippen LogP contribution is -2.34. The quantitative estimate of drug-likeness (QED) is 0.855. The first kappa shape index (κ1) is 17.9. The summed E-state index contributed by atoms with van der Waals surface area (Å²) in [6.07, 6.45) is 2.36. The maximum absolute atomic E-state index is 13.9. The Balaban J connectivity index is 1.15. The van der Waals surface area contributed by atoms with Crippen molar-refractivity contribution in [2.45, 2.75) is 18.9 Å². The van der Waals surface area contributed by atoms with E-state index in [1.54, 1.807) is 12.1 Å². The Labute approximate surface area is 163 Å². The van der Waals surface area contributed by atoms with Gasteiger partial charge in [0.2, 0.25) is 0 Å². The lowest BCUT2D eigenvalue weighted by atomic mass is 10.00. The molecule has 1 aliphatic carbocycles. The standard InChI is InChI=1S/C21H24F2N4O/c22-17-3-1-2-14(20(17)23)18-4-5-19(26-25-18)24-21-15-11-27(12-16(15)21)10-13-6-8-28-9-7-13/h1-5,13,15-16,21H,6-12H2,(H,24,26). The first-order valence-corrected chi connectivity index (χ1v) is 10.0. The number of piperidine rings is 1. The van der Waals surface area contributed by atoms with Crippen molar-refractivity contribution in [3.63, 3.8) is 0 Å². The molecule has 2 aliphatic heterocycles. The summed E-state index contributed by atoms with van der Waals surface area (Å²) < 4.78 is 32.7. The Morgan fingerprint density at radius 1 is 1.04 bits per heavy atom. The van der Waals surface area contributed by atoms with Crippen LogP contribution >= 0.6 is 0 Å². The number of anilines is 1. The molecule has 5 nitrogen and oxygen atoms in total. The van der Waals surface area contributed by atoms with Gasteiger partial charge < -0.3 is 15.0 Å². The van der Waals surface area contributed by atoms with E-state index in [0.29, 0.717) is 29.4 Å². The van der Waals surface area contributed by atoms with Crippen molar-refractivity contribution in [2.75, 3.05) is 38.2 Å². The van der Waals surface area contributed by atoms with E-state index in [1.165, 1.54) is 31.5 Å². The Kier molecular flexibility index (Phi) is 4.72. The minimum atomic E-state index is -0.890. The number of nitrogens with one attached hydrogen (secondary N) is 1. The number of nitrogens with zero attached hydrogens (tertiary/aromatic N) is 3. The molecule has 1 saturated carbocycles. The predicted octanol–water partition coefficient (Wildman–Crippen LogP) is 3.19. The predicted molar refractivity (Wildman–Crippen MR) is 102 cm³/mol. The number of rotatable bonds is 5. The van der Waals surface area contributed by atoms with Crippen molar-refractivity contribution in [2.24, 2.45) is 17.8 Å². The van der Waals surface area contributed by atoms with Gasteiger partial charge in [-0.3, -0.25) is 0 Å². The zero-order valence-corrected chi connectivity index (χ0v) is 15.7. The molecule has 2 atom stereocenters. The van der Waals surface area contributed by atoms with Crippen LogP contribution in [-0.4, -0.2) is 54.0 Å². The van der Waals surface area contributed by atoms with Gasteiger partial charge in [-0.05, 0) is 54.9 Å². The highest BCUT2D eigenvalue weighted by Crippen LogP contribution is 2.47. The van der Waals surface area contributed by atoms with Crippen LogP contribution in [-0.2, 0) is 4.74 Å². The number of hydrogen-bond donors (Lipinski definition) is 1. The second kappa shape index (κ2) is 7.37. The van der Waals surface area contributed by atoms with Crippen LogP contribution < -0.4 is 5.32 Å². The Morgan fingerprint density at radius 3 is 2.54 bits per heavy atom. The van der Waals surface area contributed by atoms with Crippen LogP contribution in [0, 0.1) is 29.4 Å². The summed E-state index contributed by atoms with van der Waals surface area (Å²) >= 11 is 0. The average molecular weight is 386 g/mol. The summed E-state index contributed by atoms with van der Waals surface area (Å²) in [6, 6.07) is 7.99. The zero-order valence-electron chi connectivity index (χ0n) is 15.7. The van der Waals surface area contributed by atoms with Gasteiger partial charge in [0.1, 0.15) is 5.82 Å². The third-order valence-electron chi connectivity index (χ3n) is 6.33. The molecule has 0 radical (unpaired) electrons. The number of hydrogen-bond acceptors (Lipinski definition) is 5. The Morgan fingerprint density at radius 2 is 1.82 bits per heavy atom. The van der Waals surface area contributed by atoms with Gasteiger partial charge in [0.15, 0.2) is 11.6 Å². The van der Waals surface area contributed by atoms with Crippen molar-refractivity contribution in [3.05, 3.63) is 42.0 Å². The molecule has 1 N–H and O–H groups in total. The maximum Gasteiger partial charge on any atom is 0.168 e. The number of halogens is 2. The minimum absolute atomic E-state index is 0.131. The molecule has 7 heteroatoms. The minimum Gasteiger partial charge on any atom is -0.381 e. The van der Waals surface area contributed by atoms with Crippen molar-refractivity contribution in [1.82, 2.24) is 15.1 Å². The molecule has 3 heterocycles. The lowest BCUT2D eigenvalue weighted by Gasteiger charge is -2.28. The number of likely N-dealkylation sites (tertiary alicyclic amines) is 1. The van der Waals surface area contributed by atoms with E-state index in [1.807, 2.05) is 0 Å². The lowest BCUT2D eigenvalue weighted by molar-refractivity contribution is 0.0540. The van der Waals surface area contributed by atoms with E-state index in [4.69, 9.17) is 4.74 Å². The van der Waals surface area contributed by atoms with Crippen LogP contribution in [0.5, 0.6) is 0 Å². The molecule has 0 spiro atoms. The van der Waals surface area contributed by atoms with Gasteiger partial charge in [-0.1, -0.05) is 6.07 Å². The summed E-state index contributed by atoms with van der Waals surface area (Å²) in [7, 11) is 0. The fraction of sp³-hybridized carbons (Fsp3) is 0.524. The summed E-state index contributed by atoms with van der Waals surface area (Å²) in [5.74, 6) is 1.04. The van der Waals surface area contributed by atoms with Crippen LogP contribution in [0.3, 0.4) is 0 Å². The van der Waals surface area contributed by atoms with E-state index >= 15 is 0 Å². The first-order valence-electron chi connectivity index (χ1n) is 10.0. The number of benzene rings is 1.